The number of hydrogen-bond donors (Lipinski definition) is 2. The molecule has 8 nitrogen and oxygen atoms in total. The van der Waals surface area contributed by atoms with E-state index in [0.717, 1.165) is 39.0 Å². The number of morpholine rings is 1. The summed E-state index contributed by atoms with van der Waals surface area (Å²) in [6, 6.07) is 3.26. The topological polar surface area (TPSA) is 83.1 Å². The molecule has 2 saturated heterocycles. The third-order valence-corrected chi connectivity index (χ3v) is 5.86. The van der Waals surface area contributed by atoms with Gasteiger partial charge in [-0.15, -0.1) is 0 Å². The largest absolute Gasteiger partial charge is 0.482 e. The first-order chi connectivity index (χ1) is 13.9. The summed E-state index contributed by atoms with van der Waals surface area (Å²) in [7, 11) is 0. The van der Waals surface area contributed by atoms with Gasteiger partial charge >= 0.3 is 6.03 Å². The number of fused-ring (bicyclic) bond motifs is 1. The molecule has 0 bridgehead atoms. The van der Waals surface area contributed by atoms with Crippen molar-refractivity contribution in [3.63, 3.8) is 0 Å². The molecule has 4 rings (SSSR count). The zero-order valence-corrected chi connectivity index (χ0v) is 17.5. The quantitative estimate of drug-likeness (QED) is 0.782. The summed E-state index contributed by atoms with van der Waals surface area (Å²) in [5.41, 5.74) is 0.990. The van der Waals surface area contributed by atoms with Crippen molar-refractivity contribution in [3.05, 3.63) is 17.2 Å². The Morgan fingerprint density at radius 1 is 1.31 bits per heavy atom. The van der Waals surface area contributed by atoms with Gasteiger partial charge < -0.3 is 25.0 Å². The summed E-state index contributed by atoms with van der Waals surface area (Å²) in [5, 5.41) is 5.98. The second-order valence-corrected chi connectivity index (χ2v) is 8.47. The fourth-order valence-corrected chi connectivity index (χ4v) is 4.62. The van der Waals surface area contributed by atoms with E-state index >= 15 is 0 Å². The number of likely N-dealkylation sites (tertiary alicyclic amines) is 1. The molecule has 1 aromatic carbocycles. The van der Waals surface area contributed by atoms with E-state index in [1.165, 1.54) is 0 Å². The number of nitrogens with one attached hydrogen (secondary N) is 2. The summed E-state index contributed by atoms with van der Waals surface area (Å²) in [6.45, 7) is 7.47. The first kappa shape index (κ1) is 20.3. The van der Waals surface area contributed by atoms with Crippen molar-refractivity contribution in [1.82, 2.24) is 9.80 Å². The highest BCUT2D eigenvalue weighted by atomic mass is 35.5. The molecule has 1 aromatic rings. The monoisotopic (exact) mass is 422 g/mol. The van der Waals surface area contributed by atoms with Gasteiger partial charge in [0.05, 0.1) is 28.6 Å². The minimum atomic E-state index is -0.225. The van der Waals surface area contributed by atoms with Crippen LogP contribution >= 0.6 is 11.6 Å². The first-order valence-electron chi connectivity index (χ1n) is 10.1. The molecule has 3 aliphatic rings. The zero-order chi connectivity index (χ0) is 20.5. The third-order valence-electron chi connectivity index (χ3n) is 5.55. The van der Waals surface area contributed by atoms with Crippen molar-refractivity contribution in [1.29, 1.82) is 0 Å². The first-order valence-corrected chi connectivity index (χ1v) is 10.5. The maximum atomic E-state index is 13.0. The van der Waals surface area contributed by atoms with Gasteiger partial charge in [0.15, 0.2) is 6.61 Å². The lowest BCUT2D eigenvalue weighted by Crippen LogP contribution is -2.51. The molecule has 3 amide bonds. The number of amides is 3. The van der Waals surface area contributed by atoms with Crippen LogP contribution in [0.2, 0.25) is 5.02 Å². The van der Waals surface area contributed by atoms with E-state index in [1.807, 2.05) is 4.90 Å². The maximum Gasteiger partial charge on any atom is 0.322 e. The van der Waals surface area contributed by atoms with Gasteiger partial charge in [-0.3, -0.25) is 9.69 Å². The Morgan fingerprint density at radius 2 is 2.07 bits per heavy atom. The summed E-state index contributed by atoms with van der Waals surface area (Å²) in [5.74, 6) is 0.274. The minimum Gasteiger partial charge on any atom is -0.482 e. The number of ether oxygens (including phenoxy) is 2. The molecule has 0 radical (unpaired) electrons. The molecule has 3 atom stereocenters. The molecular formula is C20H27ClN4O4. The van der Waals surface area contributed by atoms with Crippen LogP contribution in [0.4, 0.5) is 16.2 Å². The highest BCUT2D eigenvalue weighted by molar-refractivity contribution is 6.34. The van der Waals surface area contributed by atoms with Gasteiger partial charge in [-0.2, -0.15) is 0 Å². The SMILES string of the molecule is C[C@@H]1CN(C[C@@H]2CCCN2C(=O)Nc2cc3c(cc2Cl)NC(=O)CO3)C[C@H](C)O1. The van der Waals surface area contributed by atoms with E-state index < -0.39 is 0 Å². The second-order valence-electron chi connectivity index (χ2n) is 8.06. The van der Waals surface area contributed by atoms with Crippen LogP contribution < -0.4 is 15.4 Å². The van der Waals surface area contributed by atoms with E-state index in [9.17, 15) is 9.59 Å². The van der Waals surface area contributed by atoms with Crippen LogP contribution in [0.3, 0.4) is 0 Å². The van der Waals surface area contributed by atoms with Crippen molar-refractivity contribution in [3.8, 4) is 5.75 Å². The standard InChI is InChI=1S/C20H27ClN4O4/c1-12-8-24(9-13(2)29-12)10-14-4-3-5-25(14)20(27)23-16-7-18-17(6-15(16)21)22-19(26)11-28-18/h6-7,12-14H,3-5,8-11H2,1-2H3,(H,22,26)(H,23,27)/t12-,13+,14-/m0/s1. The molecule has 158 valence electrons. The van der Waals surface area contributed by atoms with Crippen LogP contribution in [-0.2, 0) is 9.53 Å². The Morgan fingerprint density at radius 3 is 2.83 bits per heavy atom. The Bertz CT molecular complexity index is 795. The highest BCUT2D eigenvalue weighted by Crippen LogP contribution is 2.36. The minimum absolute atomic E-state index is 0.0490. The average Bonchev–Trinajstić information content (AvgIpc) is 3.10. The van der Waals surface area contributed by atoms with Gasteiger partial charge in [-0.25, -0.2) is 4.79 Å². The van der Waals surface area contributed by atoms with Gasteiger partial charge in [0, 0.05) is 38.3 Å². The Hall–Kier alpha value is -2.03. The molecule has 0 aromatic heterocycles. The lowest BCUT2D eigenvalue weighted by Gasteiger charge is -2.38. The summed E-state index contributed by atoms with van der Waals surface area (Å²) < 4.78 is 11.2. The number of carbonyl (C=O) groups excluding carboxylic acids is 2. The van der Waals surface area contributed by atoms with Gasteiger partial charge in [0.2, 0.25) is 0 Å². The smallest absolute Gasteiger partial charge is 0.322 e. The fraction of sp³-hybridized carbons (Fsp3) is 0.600. The molecule has 0 unspecified atom stereocenters. The van der Waals surface area contributed by atoms with Crippen molar-refractivity contribution >= 4 is 34.9 Å². The van der Waals surface area contributed by atoms with E-state index in [0.29, 0.717) is 22.1 Å². The Labute approximate surface area is 175 Å². The number of urea groups is 1. The fourth-order valence-electron chi connectivity index (χ4n) is 4.41. The van der Waals surface area contributed by atoms with Gasteiger partial charge in [0.25, 0.3) is 5.91 Å². The average molecular weight is 423 g/mol. The van der Waals surface area contributed by atoms with E-state index in [2.05, 4.69) is 29.4 Å². The summed E-state index contributed by atoms with van der Waals surface area (Å²) in [6.07, 6.45) is 2.38. The van der Waals surface area contributed by atoms with Crippen molar-refractivity contribution in [2.75, 3.05) is 43.4 Å². The summed E-state index contributed by atoms with van der Waals surface area (Å²) in [4.78, 5) is 28.7. The lowest BCUT2D eigenvalue weighted by molar-refractivity contribution is -0.118. The van der Waals surface area contributed by atoms with Crippen molar-refractivity contribution < 1.29 is 19.1 Å². The predicted octanol–water partition coefficient (Wildman–Crippen LogP) is 2.78. The number of nitrogens with zero attached hydrogens (tertiary/aromatic N) is 2. The normalized spacial score (nSPS) is 27.2. The van der Waals surface area contributed by atoms with E-state index in [4.69, 9.17) is 21.1 Å². The third kappa shape index (κ3) is 4.60. The number of carbonyl (C=O) groups is 2. The predicted molar refractivity (Wildman–Crippen MR) is 111 cm³/mol. The molecule has 0 aliphatic carbocycles. The molecule has 9 heteroatoms. The second kappa shape index (κ2) is 8.38. The number of rotatable bonds is 3. The zero-order valence-electron chi connectivity index (χ0n) is 16.7. The molecule has 3 aliphatic heterocycles. The Balaban J connectivity index is 1.42. The van der Waals surface area contributed by atoms with Crippen LogP contribution in [0.1, 0.15) is 26.7 Å². The molecular weight excluding hydrogens is 396 g/mol. The molecule has 0 saturated carbocycles. The van der Waals surface area contributed by atoms with Gasteiger partial charge in [-0.1, -0.05) is 11.6 Å². The van der Waals surface area contributed by atoms with Crippen LogP contribution in [-0.4, -0.2) is 72.8 Å². The molecule has 2 N–H and O–H groups in total. The van der Waals surface area contributed by atoms with Crippen molar-refractivity contribution in [2.24, 2.45) is 0 Å². The molecule has 29 heavy (non-hydrogen) atoms. The maximum absolute atomic E-state index is 13.0. The van der Waals surface area contributed by atoms with Crippen LogP contribution in [0.25, 0.3) is 0 Å². The molecule has 3 heterocycles. The van der Waals surface area contributed by atoms with Crippen LogP contribution in [0.15, 0.2) is 12.1 Å². The highest BCUT2D eigenvalue weighted by Gasteiger charge is 2.33. The molecule has 2 fully saturated rings. The van der Waals surface area contributed by atoms with Crippen molar-refractivity contribution in [2.45, 2.75) is 44.9 Å². The summed E-state index contributed by atoms with van der Waals surface area (Å²) >= 11 is 6.32. The van der Waals surface area contributed by atoms with E-state index in [-0.39, 0.29) is 36.8 Å². The number of hydrogen-bond acceptors (Lipinski definition) is 5. The van der Waals surface area contributed by atoms with Gasteiger partial charge in [0.1, 0.15) is 5.75 Å². The van der Waals surface area contributed by atoms with Crippen LogP contribution in [0.5, 0.6) is 5.75 Å². The Kier molecular flexibility index (Phi) is 5.85. The number of benzene rings is 1. The number of anilines is 2. The molecule has 0 spiro atoms. The lowest BCUT2D eigenvalue weighted by atomic mass is 10.1. The van der Waals surface area contributed by atoms with E-state index in [1.54, 1.807) is 12.1 Å². The number of halogens is 1. The van der Waals surface area contributed by atoms with Gasteiger partial charge in [-0.05, 0) is 32.8 Å². The van der Waals surface area contributed by atoms with Crippen LogP contribution in [0, 0.1) is 0 Å².